The third-order valence-corrected chi connectivity index (χ3v) is 1.30. The molecule has 0 rings (SSSR count). The Bertz CT molecular complexity index is 118. The van der Waals surface area contributed by atoms with Gasteiger partial charge < -0.3 is 4.74 Å². The molecule has 0 aliphatic carbocycles. The van der Waals surface area contributed by atoms with E-state index in [-0.39, 0.29) is 5.78 Å². The van der Waals surface area contributed by atoms with E-state index in [0.717, 1.165) is 0 Å². The van der Waals surface area contributed by atoms with Crippen LogP contribution in [0.4, 0.5) is 0 Å². The van der Waals surface area contributed by atoms with Crippen LogP contribution in [0.1, 0.15) is 6.92 Å². The highest BCUT2D eigenvalue weighted by Gasteiger charge is 1.95. The normalized spacial score (nSPS) is 11.1. The van der Waals surface area contributed by atoms with Gasteiger partial charge in [-0.2, -0.15) is 0 Å². The maximum atomic E-state index is 10.3. The molecule has 0 amide bonds. The van der Waals surface area contributed by atoms with Crippen LogP contribution in [0.3, 0.4) is 0 Å². The smallest absolute Gasteiger partial charge is 0.169 e. The molecule has 0 spiro atoms. The lowest BCUT2D eigenvalue weighted by molar-refractivity contribution is -0.113. The van der Waals surface area contributed by atoms with Gasteiger partial charge in [0.2, 0.25) is 0 Å². The third-order valence-electron chi connectivity index (χ3n) is 0.558. The Morgan fingerprint density at radius 1 is 1.75 bits per heavy atom. The summed E-state index contributed by atoms with van der Waals surface area (Å²) in [7, 11) is 1.49. The topological polar surface area (TPSA) is 26.3 Å². The summed E-state index contributed by atoms with van der Waals surface area (Å²) < 4.78 is 4.99. The Morgan fingerprint density at radius 3 is 2.38 bits per heavy atom. The molecule has 0 radical (unpaired) electrons. The van der Waals surface area contributed by atoms with E-state index in [1.54, 1.807) is 0 Å². The van der Waals surface area contributed by atoms with Gasteiger partial charge in [-0.1, -0.05) is 0 Å². The molecule has 0 bridgehead atoms. The van der Waals surface area contributed by atoms with Crippen LogP contribution < -0.4 is 0 Å². The van der Waals surface area contributed by atoms with Crippen molar-refractivity contribution in [3.63, 3.8) is 0 Å². The molecule has 0 atom stereocenters. The molecule has 0 N–H and O–H groups in total. The Labute approximate surface area is 56.7 Å². The highest BCUT2D eigenvalue weighted by Crippen LogP contribution is 2.04. The van der Waals surface area contributed by atoms with Crippen LogP contribution in [0.25, 0.3) is 0 Å². The molecule has 0 saturated carbocycles. The van der Waals surface area contributed by atoms with Crippen LogP contribution in [0.5, 0.6) is 0 Å². The summed E-state index contributed by atoms with van der Waals surface area (Å²) in [5.74, 6) is -0.0353. The fourth-order valence-electron chi connectivity index (χ4n) is 0.186. The van der Waals surface area contributed by atoms with Crippen LogP contribution in [-0.2, 0) is 9.53 Å². The summed E-state index contributed by atoms with van der Waals surface area (Å²) in [6, 6.07) is 0. The Hall–Kier alpha value is -0.310. The van der Waals surface area contributed by atoms with E-state index in [0.29, 0.717) is 4.48 Å². The molecule has 0 aliphatic heterocycles. The number of ether oxygens (including phenoxy) is 1. The maximum absolute atomic E-state index is 10.3. The molecule has 0 saturated heterocycles. The van der Waals surface area contributed by atoms with Gasteiger partial charge in [-0.15, -0.1) is 0 Å². The summed E-state index contributed by atoms with van der Waals surface area (Å²) in [6.45, 7) is 1.46. The van der Waals surface area contributed by atoms with E-state index in [2.05, 4.69) is 20.7 Å². The van der Waals surface area contributed by atoms with Gasteiger partial charge in [-0.3, -0.25) is 4.79 Å². The van der Waals surface area contributed by atoms with Crippen LogP contribution in [0, 0.1) is 0 Å². The SMILES string of the molecule is CO/C=C(/Br)C(C)=O. The highest BCUT2D eigenvalue weighted by molar-refractivity contribution is 9.12. The Balaban J connectivity index is 3.80. The number of hydrogen-bond donors (Lipinski definition) is 0. The highest BCUT2D eigenvalue weighted by atomic mass is 79.9. The van der Waals surface area contributed by atoms with E-state index < -0.39 is 0 Å². The minimum atomic E-state index is -0.0353. The second-order valence-corrected chi connectivity index (χ2v) is 2.11. The number of methoxy groups -OCH3 is 1. The number of halogens is 1. The molecule has 0 heterocycles. The molecular formula is C5H7BrO2. The standard InChI is InChI=1S/C5H7BrO2/c1-4(7)5(6)3-8-2/h3H,1-2H3/b5-3+. The quantitative estimate of drug-likeness (QED) is 0.473. The molecule has 0 fully saturated rings. The summed E-state index contributed by atoms with van der Waals surface area (Å²) in [6.07, 6.45) is 1.35. The fraction of sp³-hybridized carbons (Fsp3) is 0.400. The Kier molecular flexibility index (Phi) is 3.52. The van der Waals surface area contributed by atoms with Crippen molar-refractivity contribution in [2.24, 2.45) is 0 Å². The summed E-state index contributed by atoms with van der Waals surface area (Å²) in [4.78, 5) is 10.3. The molecular weight excluding hydrogens is 172 g/mol. The summed E-state index contributed by atoms with van der Waals surface area (Å²) >= 11 is 2.99. The number of ketones is 1. The van der Waals surface area contributed by atoms with E-state index in [4.69, 9.17) is 0 Å². The second kappa shape index (κ2) is 3.66. The molecule has 0 unspecified atom stereocenters. The predicted molar refractivity (Wildman–Crippen MR) is 34.7 cm³/mol. The first-order chi connectivity index (χ1) is 3.68. The molecule has 8 heavy (non-hydrogen) atoms. The van der Waals surface area contributed by atoms with Crippen LogP contribution in [-0.4, -0.2) is 12.9 Å². The molecule has 2 nitrogen and oxygen atoms in total. The molecule has 3 heteroatoms. The fourth-order valence-corrected chi connectivity index (χ4v) is 0.373. The lowest BCUT2D eigenvalue weighted by Gasteiger charge is -1.88. The Morgan fingerprint density at radius 2 is 2.25 bits per heavy atom. The van der Waals surface area contributed by atoms with E-state index >= 15 is 0 Å². The van der Waals surface area contributed by atoms with Gasteiger partial charge in [-0.05, 0) is 22.9 Å². The van der Waals surface area contributed by atoms with Gasteiger partial charge >= 0.3 is 0 Å². The predicted octanol–water partition coefficient (Wildman–Crippen LogP) is 1.46. The van der Waals surface area contributed by atoms with Crippen molar-refractivity contribution in [1.29, 1.82) is 0 Å². The van der Waals surface area contributed by atoms with Crippen LogP contribution >= 0.6 is 15.9 Å². The van der Waals surface area contributed by atoms with Crippen LogP contribution in [0.15, 0.2) is 10.7 Å². The number of hydrogen-bond acceptors (Lipinski definition) is 2. The zero-order valence-electron chi connectivity index (χ0n) is 4.77. The van der Waals surface area contributed by atoms with Gasteiger partial charge in [-0.25, -0.2) is 0 Å². The summed E-state index contributed by atoms with van der Waals surface area (Å²) in [5.41, 5.74) is 0. The lowest BCUT2D eigenvalue weighted by atomic mass is 10.4. The lowest BCUT2D eigenvalue weighted by Crippen LogP contribution is -1.87. The van der Waals surface area contributed by atoms with E-state index in [1.807, 2.05) is 0 Å². The zero-order valence-corrected chi connectivity index (χ0v) is 6.36. The van der Waals surface area contributed by atoms with E-state index in [9.17, 15) is 4.79 Å². The number of rotatable bonds is 2. The van der Waals surface area contributed by atoms with Crippen molar-refractivity contribution in [1.82, 2.24) is 0 Å². The zero-order chi connectivity index (χ0) is 6.57. The summed E-state index contributed by atoms with van der Waals surface area (Å²) in [5, 5.41) is 0. The van der Waals surface area contributed by atoms with Crippen molar-refractivity contribution >= 4 is 21.7 Å². The maximum Gasteiger partial charge on any atom is 0.169 e. The monoisotopic (exact) mass is 178 g/mol. The number of allylic oxidation sites excluding steroid dienone is 1. The molecule has 0 aromatic heterocycles. The van der Waals surface area contributed by atoms with E-state index in [1.165, 1.54) is 20.3 Å². The van der Waals surface area contributed by atoms with Gasteiger partial charge in [0.25, 0.3) is 0 Å². The van der Waals surface area contributed by atoms with Gasteiger partial charge in [0, 0.05) is 0 Å². The first kappa shape index (κ1) is 7.69. The number of carbonyl (C=O) groups is 1. The van der Waals surface area contributed by atoms with Crippen molar-refractivity contribution in [2.75, 3.05) is 7.11 Å². The van der Waals surface area contributed by atoms with Crippen LogP contribution in [0.2, 0.25) is 0 Å². The van der Waals surface area contributed by atoms with Crippen molar-refractivity contribution < 1.29 is 9.53 Å². The third kappa shape index (κ3) is 2.80. The van der Waals surface area contributed by atoms with Gasteiger partial charge in [0.1, 0.15) is 6.26 Å². The number of carbonyl (C=O) groups excluding carboxylic acids is 1. The first-order valence-electron chi connectivity index (χ1n) is 2.08. The van der Waals surface area contributed by atoms with Crippen molar-refractivity contribution in [2.45, 2.75) is 6.92 Å². The molecule has 46 valence electrons. The average molecular weight is 179 g/mol. The van der Waals surface area contributed by atoms with Gasteiger partial charge in [0.15, 0.2) is 5.78 Å². The molecule has 0 aliphatic rings. The molecule has 0 aromatic carbocycles. The minimum Gasteiger partial charge on any atom is -0.503 e. The van der Waals surface area contributed by atoms with Crippen molar-refractivity contribution in [3.05, 3.63) is 10.7 Å². The van der Waals surface area contributed by atoms with Crippen molar-refractivity contribution in [3.8, 4) is 0 Å². The minimum absolute atomic E-state index is 0.0353. The second-order valence-electron chi connectivity index (χ2n) is 1.26. The largest absolute Gasteiger partial charge is 0.503 e. The van der Waals surface area contributed by atoms with Gasteiger partial charge in [0.05, 0.1) is 11.6 Å². The average Bonchev–Trinajstić information content (AvgIpc) is 1.67. The first-order valence-corrected chi connectivity index (χ1v) is 2.87. The molecule has 0 aromatic rings. The number of Topliss-reactive ketones (excluding diaryl/α,β-unsaturated/α-hetero) is 1.